The molecule has 0 N–H and O–H groups in total. The summed E-state index contributed by atoms with van der Waals surface area (Å²) in [6.07, 6.45) is 12.8. The minimum atomic E-state index is 0.216. The number of fused-ring (bicyclic) bond motifs is 2. The molecule has 2 heterocycles. The van der Waals surface area contributed by atoms with E-state index in [0.29, 0.717) is 5.92 Å². The zero-order chi connectivity index (χ0) is 13.4. The van der Waals surface area contributed by atoms with Crippen molar-refractivity contribution in [1.29, 1.82) is 0 Å². The van der Waals surface area contributed by atoms with Crippen molar-refractivity contribution in [1.82, 2.24) is 4.98 Å². The highest BCUT2D eigenvalue weighted by atomic mass is 14.8. The molecule has 4 rings (SSSR count). The maximum Gasteiger partial charge on any atom is 0.0889 e. The van der Waals surface area contributed by atoms with Crippen LogP contribution in [0.2, 0.25) is 0 Å². The first kappa shape index (κ1) is 11.4. The summed E-state index contributed by atoms with van der Waals surface area (Å²) in [5.74, 6) is 0.393. The Balaban J connectivity index is 1.76. The van der Waals surface area contributed by atoms with Gasteiger partial charge >= 0.3 is 0 Å². The van der Waals surface area contributed by atoms with Crippen LogP contribution < -0.4 is 0 Å². The average molecular weight is 258 g/mol. The van der Waals surface area contributed by atoms with Crippen LogP contribution in [0.4, 0.5) is 0 Å². The number of para-hydroxylation sites is 1. The molecular formula is C18H14N2. The second-order valence-electron chi connectivity index (χ2n) is 5.10. The van der Waals surface area contributed by atoms with Gasteiger partial charge in [-0.25, -0.2) is 4.98 Å². The number of rotatable bonds is 1. The number of pyridine rings is 1. The smallest absolute Gasteiger partial charge is 0.0889 e. The van der Waals surface area contributed by atoms with Gasteiger partial charge in [-0.15, -0.1) is 0 Å². The molecule has 0 spiro atoms. The molecule has 0 amide bonds. The van der Waals surface area contributed by atoms with Crippen molar-refractivity contribution < 1.29 is 0 Å². The molecule has 1 aromatic carbocycles. The lowest BCUT2D eigenvalue weighted by Crippen LogP contribution is -2.21. The fourth-order valence-corrected chi connectivity index (χ4v) is 2.69. The molecule has 2 aromatic rings. The Morgan fingerprint density at radius 2 is 1.75 bits per heavy atom. The van der Waals surface area contributed by atoms with Crippen molar-refractivity contribution in [3.63, 3.8) is 0 Å². The van der Waals surface area contributed by atoms with E-state index in [1.807, 2.05) is 24.3 Å². The van der Waals surface area contributed by atoms with Gasteiger partial charge < -0.3 is 0 Å². The third kappa shape index (κ3) is 1.90. The van der Waals surface area contributed by atoms with Gasteiger partial charge in [0.1, 0.15) is 0 Å². The van der Waals surface area contributed by atoms with Crippen LogP contribution in [0.1, 0.15) is 5.69 Å². The second kappa shape index (κ2) is 4.57. The van der Waals surface area contributed by atoms with Gasteiger partial charge in [0, 0.05) is 11.3 Å². The molecule has 1 aliphatic heterocycles. The summed E-state index contributed by atoms with van der Waals surface area (Å²) in [7, 11) is 0. The number of aliphatic imine (C=N–C) groups is 1. The van der Waals surface area contributed by atoms with E-state index in [-0.39, 0.29) is 6.04 Å². The molecule has 2 aliphatic rings. The monoisotopic (exact) mass is 258 g/mol. The number of benzene rings is 1. The van der Waals surface area contributed by atoms with E-state index in [0.717, 1.165) is 22.3 Å². The molecule has 2 nitrogen and oxygen atoms in total. The SMILES string of the molecule is C1=CC2C=CC(c3ccc4ccccc4n3)=NC2C=C1. The molecule has 1 aliphatic carbocycles. The van der Waals surface area contributed by atoms with Crippen LogP contribution in [0.15, 0.2) is 77.8 Å². The van der Waals surface area contributed by atoms with Gasteiger partial charge in [0.15, 0.2) is 0 Å². The van der Waals surface area contributed by atoms with Crippen molar-refractivity contribution >= 4 is 16.6 Å². The van der Waals surface area contributed by atoms with Crippen LogP contribution in [-0.4, -0.2) is 16.7 Å². The Hall–Kier alpha value is -2.48. The number of aromatic nitrogens is 1. The third-order valence-electron chi connectivity index (χ3n) is 3.77. The van der Waals surface area contributed by atoms with Gasteiger partial charge in [0.05, 0.1) is 23.0 Å². The van der Waals surface area contributed by atoms with E-state index in [2.05, 4.69) is 48.6 Å². The highest BCUT2D eigenvalue weighted by Gasteiger charge is 2.20. The minimum absolute atomic E-state index is 0.216. The van der Waals surface area contributed by atoms with Crippen LogP contribution in [-0.2, 0) is 0 Å². The minimum Gasteiger partial charge on any atom is -0.275 e. The number of hydrogen-bond acceptors (Lipinski definition) is 2. The zero-order valence-corrected chi connectivity index (χ0v) is 11.0. The molecule has 20 heavy (non-hydrogen) atoms. The van der Waals surface area contributed by atoms with Crippen molar-refractivity contribution in [3.8, 4) is 0 Å². The van der Waals surface area contributed by atoms with E-state index < -0.39 is 0 Å². The summed E-state index contributed by atoms with van der Waals surface area (Å²) >= 11 is 0. The van der Waals surface area contributed by atoms with Crippen LogP contribution in [0.5, 0.6) is 0 Å². The highest BCUT2D eigenvalue weighted by molar-refractivity contribution is 6.09. The van der Waals surface area contributed by atoms with Gasteiger partial charge in [-0.2, -0.15) is 0 Å². The van der Waals surface area contributed by atoms with E-state index >= 15 is 0 Å². The molecule has 96 valence electrons. The van der Waals surface area contributed by atoms with Gasteiger partial charge in [0.25, 0.3) is 0 Å². The van der Waals surface area contributed by atoms with Crippen molar-refractivity contribution in [3.05, 3.63) is 78.5 Å². The maximum absolute atomic E-state index is 4.81. The van der Waals surface area contributed by atoms with Crippen LogP contribution in [0.25, 0.3) is 10.9 Å². The van der Waals surface area contributed by atoms with E-state index in [1.165, 1.54) is 0 Å². The second-order valence-corrected chi connectivity index (χ2v) is 5.10. The summed E-state index contributed by atoms with van der Waals surface area (Å²) < 4.78 is 0. The Labute approximate surface area is 117 Å². The summed E-state index contributed by atoms with van der Waals surface area (Å²) in [6.45, 7) is 0. The average Bonchev–Trinajstić information content (AvgIpc) is 2.54. The van der Waals surface area contributed by atoms with Crippen LogP contribution in [0, 0.1) is 5.92 Å². The highest BCUT2D eigenvalue weighted by Crippen LogP contribution is 2.23. The summed E-state index contributed by atoms with van der Waals surface area (Å²) in [5, 5.41) is 1.16. The van der Waals surface area contributed by atoms with Crippen molar-refractivity contribution in [2.75, 3.05) is 0 Å². The lowest BCUT2D eigenvalue weighted by Gasteiger charge is -2.22. The first-order chi connectivity index (χ1) is 9.90. The Bertz CT molecular complexity index is 781. The van der Waals surface area contributed by atoms with Crippen molar-refractivity contribution in [2.24, 2.45) is 10.9 Å². The fraction of sp³-hybridized carbons (Fsp3) is 0.111. The molecule has 1 aromatic heterocycles. The molecular weight excluding hydrogens is 244 g/mol. The molecule has 0 radical (unpaired) electrons. The van der Waals surface area contributed by atoms with Gasteiger partial charge in [0.2, 0.25) is 0 Å². The summed E-state index contributed by atoms with van der Waals surface area (Å²) in [6, 6.07) is 12.5. The molecule has 2 heteroatoms. The number of nitrogens with zero attached hydrogens (tertiary/aromatic N) is 2. The van der Waals surface area contributed by atoms with Gasteiger partial charge in [-0.1, -0.05) is 54.6 Å². The maximum atomic E-state index is 4.81. The largest absolute Gasteiger partial charge is 0.275 e. The third-order valence-corrected chi connectivity index (χ3v) is 3.77. The Morgan fingerprint density at radius 3 is 2.75 bits per heavy atom. The van der Waals surface area contributed by atoms with E-state index in [1.54, 1.807) is 0 Å². The number of allylic oxidation sites excluding steroid dienone is 3. The molecule has 2 atom stereocenters. The quantitative estimate of drug-likeness (QED) is 0.765. The topological polar surface area (TPSA) is 25.2 Å². The first-order valence-corrected chi connectivity index (χ1v) is 6.87. The first-order valence-electron chi connectivity index (χ1n) is 6.87. The summed E-state index contributed by atoms with van der Waals surface area (Å²) in [5.41, 5.74) is 2.93. The molecule has 0 saturated carbocycles. The number of hydrogen-bond donors (Lipinski definition) is 0. The van der Waals surface area contributed by atoms with Crippen molar-refractivity contribution in [2.45, 2.75) is 6.04 Å². The normalized spacial score (nSPS) is 23.7. The standard InChI is InChI=1S/C18H14N2/c1-3-7-15-13(5-1)9-11-17(19-15)18-12-10-14-6-2-4-8-16(14)20-18/h1-13,15H. The lowest BCUT2D eigenvalue weighted by atomic mass is 9.92. The zero-order valence-electron chi connectivity index (χ0n) is 11.0. The van der Waals surface area contributed by atoms with Crippen LogP contribution >= 0.6 is 0 Å². The van der Waals surface area contributed by atoms with E-state index in [4.69, 9.17) is 9.98 Å². The van der Waals surface area contributed by atoms with Gasteiger partial charge in [-0.05, 0) is 18.2 Å². The summed E-state index contributed by atoms with van der Waals surface area (Å²) in [4.78, 5) is 9.52. The predicted octanol–water partition coefficient (Wildman–Crippen LogP) is 3.70. The molecule has 0 fully saturated rings. The molecule has 2 unspecified atom stereocenters. The van der Waals surface area contributed by atoms with Gasteiger partial charge in [-0.3, -0.25) is 4.99 Å². The number of dihydropyridines is 1. The molecule has 0 bridgehead atoms. The fourth-order valence-electron chi connectivity index (χ4n) is 2.69. The van der Waals surface area contributed by atoms with Crippen LogP contribution in [0.3, 0.4) is 0 Å². The van der Waals surface area contributed by atoms with E-state index in [9.17, 15) is 0 Å². The Kier molecular flexibility index (Phi) is 2.59. The Morgan fingerprint density at radius 1 is 0.850 bits per heavy atom. The predicted molar refractivity (Wildman–Crippen MR) is 83.0 cm³/mol. The molecule has 0 saturated heterocycles. The lowest BCUT2D eigenvalue weighted by molar-refractivity contribution is 0.680.